The Morgan fingerprint density at radius 1 is 0.303 bits per heavy atom. The lowest BCUT2D eigenvalue weighted by molar-refractivity contribution is -0.402. The Labute approximate surface area is 430 Å². The average Bonchev–Trinajstić information content (AvgIpc) is 3.42. The van der Waals surface area contributed by atoms with Gasteiger partial charge in [-0.1, -0.05) is 0 Å². The zero-order chi connectivity index (χ0) is 55.8. The first kappa shape index (κ1) is 62.2. The highest BCUT2D eigenvalue weighted by atomic mass is 16.8. The minimum absolute atomic E-state index is 0.473. The first-order valence-corrected chi connectivity index (χ1v) is 24.4. The van der Waals surface area contributed by atoms with Crippen LogP contribution >= 0.6 is 0 Å². The van der Waals surface area contributed by atoms with Gasteiger partial charge in [-0.15, -0.1) is 0 Å². The standard InChI is InChI=1S/C42H72O34/c1-9-17(49)22(54)27(59)37(66-9)65-8-16-34(18(50)10(48)7-64-16)74-39-29(61)25(57)33(15(6-47)70-39)73-41-31(63)35(21(53)13(4-45)68-41)75-42-36(24(56)20(52)12(3-44)69-42)76-40-30(62)26(58)32(14(5-46)71-40)72-38-28(60)23(55)19(51)11(2-43)67-38/h9-63H,2-8H2,1H3/t9-,10+,11-,12-,13-,14-,15-,16-,17-,18-,19-,20-,21-,22+,23+,24+,25-,26-,27-,28-,29-,30-,31-,32-,33-,34-,35+,36-,37+,38+,39+,40+,41+,42+/m1/s1. The lowest BCUT2D eigenvalue weighted by Crippen LogP contribution is -2.68. The molecule has 0 aromatic rings. The van der Waals surface area contributed by atoms with Crippen molar-refractivity contribution in [2.24, 2.45) is 0 Å². The van der Waals surface area contributed by atoms with Crippen molar-refractivity contribution in [2.75, 3.05) is 46.2 Å². The van der Waals surface area contributed by atoms with Crippen LogP contribution in [0, 0.1) is 0 Å². The van der Waals surface area contributed by atoms with Crippen molar-refractivity contribution >= 4 is 0 Å². The van der Waals surface area contributed by atoms with E-state index in [-0.39, 0.29) is 0 Å². The molecular formula is C42H72O34. The van der Waals surface area contributed by atoms with Gasteiger partial charge in [-0.05, 0) is 6.92 Å². The van der Waals surface area contributed by atoms with Crippen molar-refractivity contribution in [2.45, 2.75) is 216 Å². The van der Waals surface area contributed by atoms with Crippen molar-refractivity contribution in [3.05, 3.63) is 0 Å². The van der Waals surface area contributed by atoms with E-state index in [1.165, 1.54) is 6.92 Å². The number of rotatable bonds is 18. The highest BCUT2D eigenvalue weighted by molar-refractivity contribution is 5.00. The van der Waals surface area contributed by atoms with Gasteiger partial charge < -0.3 is 169 Å². The van der Waals surface area contributed by atoms with E-state index < -0.39 is 255 Å². The molecule has 7 heterocycles. The minimum atomic E-state index is -2.26. The van der Waals surface area contributed by atoms with Crippen molar-refractivity contribution in [1.82, 2.24) is 0 Å². The van der Waals surface area contributed by atoms with Gasteiger partial charge in [-0.2, -0.15) is 0 Å². The molecule has 0 amide bonds. The fraction of sp³-hybridized carbons (Fsp3) is 1.00. The third kappa shape index (κ3) is 12.8. The summed E-state index contributed by atoms with van der Waals surface area (Å²) in [5, 5.41) is 224. The summed E-state index contributed by atoms with van der Waals surface area (Å²) in [6, 6.07) is 0. The molecule has 7 aliphatic rings. The molecule has 34 heteroatoms. The lowest BCUT2D eigenvalue weighted by Gasteiger charge is -2.50. The third-order valence-corrected chi connectivity index (χ3v) is 14.4. The monoisotopic (exact) mass is 1120 g/mol. The van der Waals surface area contributed by atoms with E-state index in [9.17, 15) is 107 Å². The van der Waals surface area contributed by atoms with Crippen LogP contribution in [0.1, 0.15) is 6.92 Å². The van der Waals surface area contributed by atoms with Crippen molar-refractivity contribution in [1.29, 1.82) is 0 Å². The number of aliphatic hydroxyl groups is 21. The summed E-state index contributed by atoms with van der Waals surface area (Å²) in [5.74, 6) is 0. The van der Waals surface area contributed by atoms with Crippen LogP contribution in [0.5, 0.6) is 0 Å². The zero-order valence-corrected chi connectivity index (χ0v) is 40.3. The Morgan fingerprint density at radius 2 is 0.658 bits per heavy atom. The van der Waals surface area contributed by atoms with Crippen LogP contribution in [-0.2, 0) is 61.6 Å². The minimum Gasteiger partial charge on any atom is -0.394 e. The summed E-state index contributed by atoms with van der Waals surface area (Å²) in [4.78, 5) is 0. The first-order valence-electron chi connectivity index (χ1n) is 24.4. The highest BCUT2D eigenvalue weighted by Gasteiger charge is 2.58. The van der Waals surface area contributed by atoms with E-state index in [0.717, 1.165) is 0 Å². The van der Waals surface area contributed by atoms with Gasteiger partial charge in [0.05, 0.1) is 52.4 Å². The summed E-state index contributed by atoms with van der Waals surface area (Å²) in [5.41, 5.74) is 0. The molecule has 7 rings (SSSR count). The third-order valence-electron chi connectivity index (χ3n) is 14.4. The molecule has 0 radical (unpaired) electrons. The zero-order valence-electron chi connectivity index (χ0n) is 40.3. The molecular weight excluding hydrogens is 1050 g/mol. The summed E-state index contributed by atoms with van der Waals surface area (Å²) >= 11 is 0. The van der Waals surface area contributed by atoms with Crippen LogP contribution in [0.25, 0.3) is 0 Å². The van der Waals surface area contributed by atoms with Gasteiger partial charge in [0.1, 0.15) is 165 Å². The normalized spacial score (nSPS) is 53.6. The predicted octanol–water partition coefficient (Wildman–Crippen LogP) is -14.6. The lowest BCUT2D eigenvalue weighted by atomic mass is 9.95. The van der Waals surface area contributed by atoms with Crippen molar-refractivity contribution in [3.63, 3.8) is 0 Å². The Balaban J connectivity index is 1.04. The van der Waals surface area contributed by atoms with Gasteiger partial charge in [0.25, 0.3) is 0 Å². The molecule has 0 bridgehead atoms. The predicted molar refractivity (Wildman–Crippen MR) is 229 cm³/mol. The topological polar surface area (TPSA) is 545 Å². The smallest absolute Gasteiger partial charge is 0.187 e. The first-order chi connectivity index (χ1) is 36.0. The average molecular weight is 1120 g/mol. The number of hydrogen-bond acceptors (Lipinski definition) is 34. The van der Waals surface area contributed by atoms with Gasteiger partial charge in [0, 0.05) is 0 Å². The van der Waals surface area contributed by atoms with Crippen LogP contribution in [0.4, 0.5) is 0 Å². The fourth-order valence-corrected chi connectivity index (χ4v) is 9.76. The number of ether oxygens (including phenoxy) is 13. The van der Waals surface area contributed by atoms with E-state index >= 15 is 0 Å². The summed E-state index contributed by atoms with van der Waals surface area (Å²) in [6.07, 6.45) is -63.2. The highest BCUT2D eigenvalue weighted by Crippen LogP contribution is 2.37. The van der Waals surface area contributed by atoms with Crippen LogP contribution < -0.4 is 0 Å². The summed E-state index contributed by atoms with van der Waals surface area (Å²) < 4.78 is 73.3. The van der Waals surface area contributed by atoms with Crippen molar-refractivity contribution in [3.8, 4) is 0 Å². The second kappa shape index (κ2) is 26.7. The molecule has 0 aromatic heterocycles. The molecule has 34 nitrogen and oxygen atoms in total. The van der Waals surface area contributed by atoms with Gasteiger partial charge in [0.2, 0.25) is 0 Å². The van der Waals surface area contributed by atoms with Gasteiger partial charge in [-0.3, -0.25) is 0 Å². The largest absolute Gasteiger partial charge is 0.394 e. The molecule has 7 aliphatic heterocycles. The van der Waals surface area contributed by atoms with Gasteiger partial charge in [-0.25, -0.2) is 0 Å². The maximum atomic E-state index is 11.7. The molecule has 7 fully saturated rings. The summed E-state index contributed by atoms with van der Waals surface area (Å²) in [6.45, 7) is -4.63. The molecule has 444 valence electrons. The summed E-state index contributed by atoms with van der Waals surface area (Å²) in [7, 11) is 0. The molecule has 21 N–H and O–H groups in total. The van der Waals surface area contributed by atoms with E-state index in [4.69, 9.17) is 61.6 Å². The Kier molecular flexibility index (Phi) is 21.9. The Bertz CT molecular complexity index is 1760. The second-order valence-electron chi connectivity index (χ2n) is 19.5. The van der Waals surface area contributed by atoms with E-state index in [0.29, 0.717) is 0 Å². The molecule has 34 atom stereocenters. The number of aliphatic hydroxyl groups excluding tert-OH is 21. The molecule has 0 unspecified atom stereocenters. The maximum absolute atomic E-state index is 11.7. The van der Waals surface area contributed by atoms with Gasteiger partial charge >= 0.3 is 0 Å². The van der Waals surface area contributed by atoms with E-state index in [1.807, 2.05) is 0 Å². The maximum Gasteiger partial charge on any atom is 0.187 e. The van der Waals surface area contributed by atoms with Crippen LogP contribution in [0.2, 0.25) is 0 Å². The van der Waals surface area contributed by atoms with Crippen molar-refractivity contribution < 1.29 is 169 Å². The molecule has 0 saturated carbocycles. The van der Waals surface area contributed by atoms with Crippen LogP contribution in [-0.4, -0.2) is 362 Å². The molecule has 0 aromatic carbocycles. The fourth-order valence-electron chi connectivity index (χ4n) is 9.76. The second-order valence-corrected chi connectivity index (χ2v) is 19.5. The molecule has 0 aliphatic carbocycles. The molecule has 7 saturated heterocycles. The molecule has 76 heavy (non-hydrogen) atoms. The molecule has 0 spiro atoms. The quantitative estimate of drug-likeness (QED) is 0.0606. The van der Waals surface area contributed by atoms with Crippen LogP contribution in [0.15, 0.2) is 0 Å². The Morgan fingerprint density at radius 3 is 1.16 bits per heavy atom. The number of hydrogen-bond donors (Lipinski definition) is 21. The van der Waals surface area contributed by atoms with E-state index in [2.05, 4.69) is 0 Å². The van der Waals surface area contributed by atoms with Gasteiger partial charge in [0.15, 0.2) is 37.7 Å². The SMILES string of the molecule is C[C@H]1O[C@H](OC[C@H]2OC[C@H](O)[C@@H](O)[C@@H]2O[C@@H]2O[C@H](CO)[C@@H](O[C@@H]3O[C@H](CO)[C@@H](O)[C@H](O[C@@H]4O[C@H](CO)[C@@H](O)[C@H](O)[C@H]4O[C@@H]4O[C@H](CO)[C@@H](O[C@@H]5O[C@H](CO)[C@@H](O)[C@H](O)[C@H]5O)[C@H](O)[C@H]4O)[C@H]3O)[C@H](O)[C@H]2O)[C@H](O)[C@@H](O)[C@@H]1O. The van der Waals surface area contributed by atoms with E-state index in [1.54, 1.807) is 0 Å². The Hall–Kier alpha value is -1.36. The van der Waals surface area contributed by atoms with Crippen LogP contribution in [0.3, 0.4) is 0 Å².